The number of pyridine rings is 1. The minimum Gasteiger partial charge on any atom is -0.462 e. The molecule has 0 atom stereocenters. The molecule has 2 heterocycles. The molecular weight excluding hydrogens is 486 g/mol. The van der Waals surface area contributed by atoms with E-state index in [9.17, 15) is 9.59 Å². The number of hydrogen-bond acceptors (Lipinski definition) is 5. The van der Waals surface area contributed by atoms with Gasteiger partial charge in [0.15, 0.2) is 11.2 Å². The molecule has 0 aromatic heterocycles. The summed E-state index contributed by atoms with van der Waals surface area (Å²) in [5.41, 5.74) is 5.16. The SMILES string of the molecule is CCOC(=O)c1c(C)c2oc3ccccc3n3c(C)c(C(=O)OCC)c4cc(Br)cc1c4c2-3. The molecule has 0 radical (unpaired) electrons. The van der Waals surface area contributed by atoms with E-state index in [2.05, 4.69) is 15.9 Å². The van der Waals surface area contributed by atoms with Crippen LogP contribution >= 0.6 is 15.9 Å². The largest absolute Gasteiger partial charge is 0.462 e. The van der Waals surface area contributed by atoms with E-state index in [0.29, 0.717) is 38.6 Å². The maximum Gasteiger partial charge on any atom is 0.340 e. The van der Waals surface area contributed by atoms with Crippen LogP contribution in [0.1, 0.15) is 45.8 Å². The van der Waals surface area contributed by atoms with Crippen LogP contribution < -0.4 is 0 Å². The summed E-state index contributed by atoms with van der Waals surface area (Å²) in [5, 5.41) is 2.14. The summed E-state index contributed by atoms with van der Waals surface area (Å²) in [5.74, 6) is -0.844. The third-order valence-electron chi connectivity index (χ3n) is 6.01. The molecular formula is C26H22BrNO5. The zero-order chi connectivity index (χ0) is 23.4. The van der Waals surface area contributed by atoms with Crippen molar-refractivity contribution in [2.24, 2.45) is 0 Å². The van der Waals surface area contributed by atoms with Crippen molar-refractivity contribution in [3.63, 3.8) is 0 Å². The van der Waals surface area contributed by atoms with Gasteiger partial charge in [-0.25, -0.2) is 9.59 Å². The Morgan fingerprint density at radius 3 is 2.24 bits per heavy atom. The van der Waals surface area contributed by atoms with Crippen LogP contribution in [0.5, 0.6) is 0 Å². The van der Waals surface area contributed by atoms with E-state index in [0.717, 1.165) is 26.8 Å². The molecule has 0 aliphatic carbocycles. The number of nitrogens with zero attached hydrogens (tertiary/aromatic N) is 1. The number of rotatable bonds is 4. The standard InChI is InChI=1S/C26H22BrNO5/c1-5-31-25(29)20-13(3)24-23-22-16(20)11-15(27)12-17(22)21(26(30)32-6-2)14(4)28(23)18-9-7-8-10-19(18)33-24/h7-12H,5-6H2,1-4H3. The first-order valence-electron chi connectivity index (χ1n) is 10.8. The Kier molecular flexibility index (Phi) is 5.16. The van der Waals surface area contributed by atoms with E-state index >= 15 is 0 Å². The highest BCUT2D eigenvalue weighted by atomic mass is 79.9. The van der Waals surface area contributed by atoms with E-state index in [1.165, 1.54) is 0 Å². The second-order valence-electron chi connectivity index (χ2n) is 7.86. The van der Waals surface area contributed by atoms with Gasteiger partial charge in [-0.2, -0.15) is 0 Å². The molecule has 2 aliphatic heterocycles. The average molecular weight is 508 g/mol. The van der Waals surface area contributed by atoms with Crippen molar-refractivity contribution < 1.29 is 23.5 Å². The summed E-state index contributed by atoms with van der Waals surface area (Å²) in [6.07, 6.45) is 0. The maximum atomic E-state index is 13.2. The van der Waals surface area contributed by atoms with Gasteiger partial charge >= 0.3 is 11.9 Å². The first-order valence-corrected chi connectivity index (χ1v) is 11.6. The van der Waals surface area contributed by atoms with Gasteiger partial charge in [0, 0.05) is 31.9 Å². The third-order valence-corrected chi connectivity index (χ3v) is 6.47. The fourth-order valence-electron chi connectivity index (χ4n) is 4.74. The van der Waals surface area contributed by atoms with Crippen LogP contribution in [-0.2, 0) is 9.47 Å². The number of benzene rings is 3. The number of carbonyl (C=O) groups is 2. The summed E-state index contributed by atoms with van der Waals surface area (Å²) in [6.45, 7) is 7.84. The number of aryl methyl sites for hydroxylation is 1. The number of para-hydroxylation sites is 2. The van der Waals surface area contributed by atoms with Crippen LogP contribution in [0.25, 0.3) is 38.5 Å². The first kappa shape index (κ1) is 21.5. The monoisotopic (exact) mass is 507 g/mol. The van der Waals surface area contributed by atoms with Crippen LogP contribution in [0.3, 0.4) is 0 Å². The summed E-state index contributed by atoms with van der Waals surface area (Å²) < 4.78 is 20.0. The molecule has 3 aromatic carbocycles. The molecule has 6 nitrogen and oxygen atoms in total. The Morgan fingerprint density at radius 1 is 0.970 bits per heavy atom. The number of aromatic nitrogens is 1. The van der Waals surface area contributed by atoms with Gasteiger partial charge in [-0.3, -0.25) is 0 Å². The van der Waals surface area contributed by atoms with Crippen molar-refractivity contribution in [3.8, 4) is 5.69 Å². The molecule has 0 saturated heterocycles. The highest BCUT2D eigenvalue weighted by Gasteiger charge is 2.31. The molecule has 33 heavy (non-hydrogen) atoms. The topological polar surface area (TPSA) is 70.7 Å². The van der Waals surface area contributed by atoms with Crippen LogP contribution in [-0.4, -0.2) is 29.7 Å². The summed E-state index contributed by atoms with van der Waals surface area (Å²) in [6, 6.07) is 11.4. The molecule has 0 bridgehead atoms. The molecule has 0 unspecified atom stereocenters. The lowest BCUT2D eigenvalue weighted by Crippen LogP contribution is -2.18. The Labute approximate surface area is 198 Å². The second-order valence-corrected chi connectivity index (χ2v) is 8.78. The van der Waals surface area contributed by atoms with Crippen molar-refractivity contribution >= 4 is 60.7 Å². The zero-order valence-corrected chi connectivity index (χ0v) is 20.3. The Balaban J connectivity index is 2.13. The maximum absolute atomic E-state index is 13.2. The highest BCUT2D eigenvalue weighted by molar-refractivity contribution is 9.10. The van der Waals surface area contributed by atoms with Gasteiger partial charge in [0.1, 0.15) is 0 Å². The molecule has 0 amide bonds. The quantitative estimate of drug-likeness (QED) is 0.154. The molecule has 0 spiro atoms. The van der Waals surface area contributed by atoms with Gasteiger partial charge in [0.25, 0.3) is 0 Å². The number of halogens is 1. The first-order chi connectivity index (χ1) is 15.9. The summed E-state index contributed by atoms with van der Waals surface area (Å²) >= 11 is 3.57. The van der Waals surface area contributed by atoms with Gasteiger partial charge < -0.3 is 18.5 Å². The van der Waals surface area contributed by atoms with Crippen molar-refractivity contribution in [2.45, 2.75) is 27.7 Å². The van der Waals surface area contributed by atoms with Crippen LogP contribution in [0.4, 0.5) is 0 Å². The van der Waals surface area contributed by atoms with Gasteiger partial charge in [0.2, 0.25) is 0 Å². The van der Waals surface area contributed by atoms with Gasteiger partial charge in [-0.15, -0.1) is 0 Å². The number of fused-ring (bicyclic) bond motifs is 2. The van der Waals surface area contributed by atoms with Crippen LogP contribution in [0.15, 0.2) is 45.3 Å². The van der Waals surface area contributed by atoms with Crippen molar-refractivity contribution in [1.82, 2.24) is 4.57 Å². The van der Waals surface area contributed by atoms with Crippen LogP contribution in [0, 0.1) is 13.8 Å². The lowest BCUT2D eigenvalue weighted by Gasteiger charge is -2.27. The van der Waals surface area contributed by atoms with E-state index in [1.54, 1.807) is 13.8 Å². The molecule has 7 heteroatoms. The smallest absolute Gasteiger partial charge is 0.340 e. The lowest BCUT2D eigenvalue weighted by atomic mass is 9.90. The normalized spacial score (nSPS) is 11.7. The lowest BCUT2D eigenvalue weighted by molar-refractivity contribution is 0.0518. The fourth-order valence-corrected chi connectivity index (χ4v) is 5.20. The van der Waals surface area contributed by atoms with E-state index < -0.39 is 11.9 Å². The van der Waals surface area contributed by atoms with Crippen molar-refractivity contribution in [1.29, 1.82) is 0 Å². The average Bonchev–Trinajstić information content (AvgIpc) is 2.77. The minimum atomic E-state index is -0.431. The van der Waals surface area contributed by atoms with Gasteiger partial charge in [0.05, 0.1) is 35.5 Å². The Hall–Kier alpha value is -3.32. The highest BCUT2D eigenvalue weighted by Crippen LogP contribution is 2.45. The molecule has 5 rings (SSSR count). The number of esters is 2. The summed E-state index contributed by atoms with van der Waals surface area (Å²) in [4.78, 5) is 26.3. The minimum absolute atomic E-state index is 0.251. The van der Waals surface area contributed by atoms with Crippen molar-refractivity contribution in [2.75, 3.05) is 13.2 Å². The van der Waals surface area contributed by atoms with Gasteiger partial charge in [-0.05, 0) is 52.0 Å². The van der Waals surface area contributed by atoms with E-state index in [4.69, 9.17) is 13.9 Å². The number of ether oxygens (including phenoxy) is 2. The van der Waals surface area contributed by atoms with Gasteiger partial charge in [-0.1, -0.05) is 28.1 Å². The second kappa shape index (κ2) is 7.92. The Bertz CT molecular complexity index is 1560. The number of carbonyl (C=O) groups excluding carboxylic acids is 2. The molecule has 168 valence electrons. The predicted octanol–water partition coefficient (Wildman–Crippen LogP) is 6.70. The summed E-state index contributed by atoms with van der Waals surface area (Å²) in [7, 11) is 0. The molecule has 3 aromatic rings. The fraction of sp³-hybridized carbons (Fsp3) is 0.231. The number of hydrogen-bond donors (Lipinski definition) is 0. The molecule has 0 saturated carbocycles. The van der Waals surface area contributed by atoms with E-state index in [-0.39, 0.29) is 13.2 Å². The third kappa shape index (κ3) is 3.06. The molecule has 2 aliphatic rings. The Morgan fingerprint density at radius 2 is 1.58 bits per heavy atom. The van der Waals surface area contributed by atoms with E-state index in [1.807, 2.05) is 54.8 Å². The molecule has 0 N–H and O–H groups in total. The zero-order valence-electron chi connectivity index (χ0n) is 18.7. The van der Waals surface area contributed by atoms with Crippen LogP contribution in [0.2, 0.25) is 0 Å². The predicted molar refractivity (Wildman–Crippen MR) is 131 cm³/mol. The molecule has 0 fully saturated rings. The van der Waals surface area contributed by atoms with Crippen molar-refractivity contribution in [3.05, 3.63) is 63.3 Å².